The van der Waals surface area contributed by atoms with Gasteiger partial charge in [0.05, 0.1) is 25.3 Å². The number of carbonyl (C=O) groups excluding carboxylic acids is 1. The van der Waals surface area contributed by atoms with Crippen molar-refractivity contribution >= 4 is 6.03 Å². The van der Waals surface area contributed by atoms with Gasteiger partial charge >= 0.3 is 6.03 Å². The number of carbonyl (C=O) groups is 1. The molecule has 9 nitrogen and oxygen atoms in total. The van der Waals surface area contributed by atoms with Gasteiger partial charge in [-0.3, -0.25) is 0 Å². The summed E-state index contributed by atoms with van der Waals surface area (Å²) in [6, 6.07) is 26.1. The van der Waals surface area contributed by atoms with E-state index >= 15 is 0 Å². The highest BCUT2D eigenvalue weighted by atomic mass is 16.5. The van der Waals surface area contributed by atoms with Crippen LogP contribution in [0, 0.1) is 0 Å². The Hall–Kier alpha value is -4.73. The maximum absolute atomic E-state index is 14.9. The van der Waals surface area contributed by atoms with Gasteiger partial charge in [0.25, 0.3) is 0 Å². The van der Waals surface area contributed by atoms with E-state index in [1.807, 2.05) is 48.5 Å². The number of urea groups is 1. The SMILES string of the molecule is CCCCOc1ccc(CN2C(=O)N(Cc3ccc(OCCCC)cc3)[C@H](Cc3ccc(O)cc3)[C@H](O)[C@@H](O)C2c2ccc(O)cc2)cc1. The molecule has 4 aromatic carbocycles. The second kappa shape index (κ2) is 17.1. The summed E-state index contributed by atoms with van der Waals surface area (Å²) in [7, 11) is 0. The second-order valence-corrected chi connectivity index (χ2v) is 12.7. The van der Waals surface area contributed by atoms with Gasteiger partial charge in [-0.1, -0.05) is 75.2 Å². The first kappa shape index (κ1) is 35.6. The molecular weight excluding hydrogens is 620 g/mol. The standard InChI is InChI=1S/C40H48N2O7/c1-3-5-23-48-34-19-9-29(10-20-34)26-41-36(25-28-7-15-32(43)16-8-28)38(45)39(46)37(31-13-17-33(44)18-14-31)42(40(41)47)27-30-11-21-35(22-12-30)49-24-6-4-2/h7-22,36-39,43-46H,3-6,23-27H2,1-2H3/t36-,37?,38+,39+/m1/s1. The fourth-order valence-corrected chi connectivity index (χ4v) is 6.16. The largest absolute Gasteiger partial charge is 0.508 e. The van der Waals surface area contributed by atoms with Gasteiger partial charge in [-0.2, -0.15) is 0 Å². The number of benzene rings is 4. The van der Waals surface area contributed by atoms with Gasteiger partial charge < -0.3 is 39.7 Å². The first-order valence-electron chi connectivity index (χ1n) is 17.2. The number of hydrogen-bond donors (Lipinski definition) is 4. The summed E-state index contributed by atoms with van der Waals surface area (Å²) in [5, 5.41) is 43.9. The summed E-state index contributed by atoms with van der Waals surface area (Å²) in [5.74, 6) is 1.65. The van der Waals surface area contributed by atoms with Crippen molar-refractivity contribution in [1.29, 1.82) is 0 Å². The van der Waals surface area contributed by atoms with Crippen LogP contribution in [0.5, 0.6) is 23.0 Å². The van der Waals surface area contributed by atoms with Crippen molar-refractivity contribution in [2.75, 3.05) is 13.2 Å². The van der Waals surface area contributed by atoms with Crippen LogP contribution in [0.4, 0.5) is 4.79 Å². The fourth-order valence-electron chi connectivity index (χ4n) is 6.16. The molecule has 4 N–H and O–H groups in total. The van der Waals surface area contributed by atoms with Crippen LogP contribution in [0.25, 0.3) is 0 Å². The molecular formula is C40H48N2O7. The number of aromatic hydroxyl groups is 2. The highest BCUT2D eigenvalue weighted by Gasteiger charge is 2.47. The summed E-state index contributed by atoms with van der Waals surface area (Å²) in [6.45, 7) is 5.78. The molecule has 49 heavy (non-hydrogen) atoms. The molecule has 0 saturated carbocycles. The average molecular weight is 669 g/mol. The molecule has 0 aliphatic carbocycles. The number of rotatable bonds is 15. The molecule has 0 spiro atoms. The van der Waals surface area contributed by atoms with Gasteiger partial charge in [0, 0.05) is 13.1 Å². The van der Waals surface area contributed by atoms with E-state index in [2.05, 4.69) is 13.8 Å². The van der Waals surface area contributed by atoms with Crippen molar-refractivity contribution in [2.24, 2.45) is 0 Å². The normalized spacial score (nSPS) is 19.5. The first-order valence-corrected chi connectivity index (χ1v) is 17.2. The zero-order valence-corrected chi connectivity index (χ0v) is 28.3. The van der Waals surface area contributed by atoms with Crippen LogP contribution < -0.4 is 9.47 Å². The predicted molar refractivity (Wildman–Crippen MR) is 189 cm³/mol. The summed E-state index contributed by atoms with van der Waals surface area (Å²) in [4.78, 5) is 18.2. The molecule has 4 aromatic rings. The molecule has 1 aliphatic heterocycles. The third-order valence-electron chi connectivity index (χ3n) is 9.00. The topological polar surface area (TPSA) is 123 Å². The molecule has 1 aliphatic rings. The molecule has 1 heterocycles. The quantitative estimate of drug-likeness (QED) is 0.101. The van der Waals surface area contributed by atoms with E-state index in [1.54, 1.807) is 46.2 Å². The van der Waals surface area contributed by atoms with Gasteiger partial charge in [0.2, 0.25) is 0 Å². The Bertz CT molecular complexity index is 1590. The van der Waals surface area contributed by atoms with Crippen LogP contribution in [0.1, 0.15) is 67.8 Å². The monoisotopic (exact) mass is 668 g/mol. The van der Waals surface area contributed by atoms with Crippen molar-refractivity contribution in [2.45, 2.75) is 83.3 Å². The fraction of sp³-hybridized carbons (Fsp3) is 0.375. The number of aliphatic hydroxyl groups excluding tert-OH is 2. The van der Waals surface area contributed by atoms with E-state index in [1.165, 1.54) is 12.1 Å². The van der Waals surface area contributed by atoms with Gasteiger partial charge in [-0.05, 0) is 90.0 Å². The Kier molecular flexibility index (Phi) is 12.4. The molecule has 1 saturated heterocycles. The average Bonchev–Trinajstić information content (AvgIpc) is 3.17. The van der Waals surface area contributed by atoms with Crippen molar-refractivity contribution in [1.82, 2.24) is 9.80 Å². The summed E-state index contributed by atoms with van der Waals surface area (Å²) in [6.07, 6.45) is 1.50. The summed E-state index contributed by atoms with van der Waals surface area (Å²) < 4.78 is 11.7. The lowest BCUT2D eigenvalue weighted by molar-refractivity contribution is -0.0419. The molecule has 0 aromatic heterocycles. The minimum atomic E-state index is -1.37. The van der Waals surface area contributed by atoms with Crippen molar-refractivity contribution in [3.63, 3.8) is 0 Å². The Morgan fingerprint density at radius 2 is 1.04 bits per heavy atom. The van der Waals surface area contributed by atoms with Gasteiger partial charge in [-0.25, -0.2) is 4.79 Å². The van der Waals surface area contributed by atoms with Gasteiger partial charge in [0.1, 0.15) is 35.2 Å². The highest BCUT2D eigenvalue weighted by Crippen LogP contribution is 2.37. The van der Waals surface area contributed by atoms with E-state index in [0.717, 1.165) is 53.9 Å². The van der Waals surface area contributed by atoms with E-state index in [0.29, 0.717) is 18.8 Å². The molecule has 0 radical (unpaired) electrons. The minimum absolute atomic E-state index is 0.0536. The first-order chi connectivity index (χ1) is 23.8. The van der Waals surface area contributed by atoms with E-state index < -0.39 is 24.3 Å². The Balaban J connectivity index is 1.53. The minimum Gasteiger partial charge on any atom is -0.508 e. The number of unbranched alkanes of at least 4 members (excludes halogenated alkanes) is 2. The van der Waals surface area contributed by atoms with Crippen molar-refractivity contribution in [3.05, 3.63) is 119 Å². The lowest BCUT2D eigenvalue weighted by Crippen LogP contribution is -2.50. The lowest BCUT2D eigenvalue weighted by Gasteiger charge is -2.36. The number of phenolic OH excluding ortho intramolecular Hbond substituents is 2. The van der Waals surface area contributed by atoms with Crippen molar-refractivity contribution in [3.8, 4) is 23.0 Å². The van der Waals surface area contributed by atoms with Crippen LogP contribution in [0.3, 0.4) is 0 Å². The van der Waals surface area contributed by atoms with E-state index in [-0.39, 0.29) is 37.0 Å². The highest BCUT2D eigenvalue weighted by molar-refractivity contribution is 5.76. The van der Waals surface area contributed by atoms with Gasteiger partial charge in [-0.15, -0.1) is 0 Å². The molecule has 0 bridgehead atoms. The molecule has 4 atom stereocenters. The Morgan fingerprint density at radius 1 is 0.592 bits per heavy atom. The maximum Gasteiger partial charge on any atom is 0.321 e. The van der Waals surface area contributed by atoms with E-state index in [9.17, 15) is 25.2 Å². The maximum atomic E-state index is 14.9. The molecule has 5 rings (SSSR count). The van der Waals surface area contributed by atoms with Crippen LogP contribution in [0.15, 0.2) is 97.1 Å². The number of hydrogen-bond acceptors (Lipinski definition) is 7. The third-order valence-corrected chi connectivity index (χ3v) is 9.00. The molecule has 2 amide bonds. The number of ether oxygens (including phenoxy) is 2. The number of phenols is 2. The van der Waals surface area contributed by atoms with Gasteiger partial charge in [0.15, 0.2) is 0 Å². The van der Waals surface area contributed by atoms with Crippen LogP contribution in [-0.2, 0) is 19.5 Å². The van der Waals surface area contributed by atoms with Crippen LogP contribution >= 0.6 is 0 Å². The number of aliphatic hydroxyl groups is 2. The Labute approximate surface area is 289 Å². The lowest BCUT2D eigenvalue weighted by atomic mass is 9.90. The molecule has 1 unspecified atom stereocenters. The molecule has 9 heteroatoms. The van der Waals surface area contributed by atoms with E-state index in [4.69, 9.17) is 9.47 Å². The summed E-state index contributed by atoms with van der Waals surface area (Å²) >= 11 is 0. The van der Waals surface area contributed by atoms with Crippen LogP contribution in [0.2, 0.25) is 0 Å². The molecule has 260 valence electrons. The number of amides is 2. The van der Waals surface area contributed by atoms with Crippen molar-refractivity contribution < 1.29 is 34.7 Å². The second-order valence-electron chi connectivity index (χ2n) is 12.7. The zero-order valence-electron chi connectivity index (χ0n) is 28.3. The zero-order chi connectivity index (χ0) is 34.8. The molecule has 1 fully saturated rings. The smallest absolute Gasteiger partial charge is 0.321 e. The van der Waals surface area contributed by atoms with Crippen LogP contribution in [-0.4, -0.2) is 67.7 Å². The number of nitrogens with zero attached hydrogens (tertiary/aromatic N) is 2. The third kappa shape index (κ3) is 9.25. The summed E-state index contributed by atoms with van der Waals surface area (Å²) in [5.41, 5.74) is 3.04. The Morgan fingerprint density at radius 3 is 1.53 bits per heavy atom. The predicted octanol–water partition coefficient (Wildman–Crippen LogP) is 6.97.